The third-order valence-corrected chi connectivity index (χ3v) is 5.48. The molecule has 5 N–H and O–H groups in total. The molecule has 1 aliphatic heterocycles. The van der Waals surface area contributed by atoms with E-state index in [-0.39, 0.29) is 19.1 Å². The van der Waals surface area contributed by atoms with Crippen molar-refractivity contribution < 1.29 is 20.1 Å². The highest BCUT2D eigenvalue weighted by Crippen LogP contribution is 2.21. The summed E-state index contributed by atoms with van der Waals surface area (Å²) in [5.74, 6) is -0.312. The van der Waals surface area contributed by atoms with Crippen LogP contribution in [0.25, 0.3) is 10.8 Å². The average molecular weight is 404 g/mol. The fourth-order valence-corrected chi connectivity index (χ4v) is 3.94. The average Bonchev–Trinajstić information content (AvgIpc) is 2.69. The van der Waals surface area contributed by atoms with Crippen LogP contribution in [-0.4, -0.2) is 68.7 Å². The minimum Gasteiger partial charge on any atom is -0.394 e. The molecule has 2 aromatic rings. The van der Waals surface area contributed by atoms with Gasteiger partial charge in [-0.25, -0.2) is 0 Å². The van der Waals surface area contributed by atoms with Crippen molar-refractivity contribution in [2.75, 3.05) is 13.2 Å². The quantitative estimate of drug-likeness (QED) is 0.462. The van der Waals surface area contributed by atoms with Crippen LogP contribution in [0.15, 0.2) is 42.5 Å². The number of aliphatic hydroxyl groups excluding tert-OH is 3. The molecule has 0 radical (unpaired) electrons. The van der Waals surface area contributed by atoms with Gasteiger partial charge in [0.05, 0.1) is 18.7 Å². The highest BCUT2D eigenvalue weighted by molar-refractivity contribution is 7.80. The molecule has 1 heterocycles. The van der Waals surface area contributed by atoms with E-state index >= 15 is 0 Å². The second-order valence-corrected chi connectivity index (χ2v) is 7.37. The van der Waals surface area contributed by atoms with E-state index in [0.29, 0.717) is 11.7 Å². The number of carbonyl (C=O) groups excluding carboxylic acids is 1. The lowest BCUT2D eigenvalue weighted by Gasteiger charge is -2.46. The van der Waals surface area contributed by atoms with Crippen molar-refractivity contribution in [3.63, 3.8) is 0 Å². The maximum Gasteiger partial charge on any atom is 0.217 e. The van der Waals surface area contributed by atoms with Gasteiger partial charge in [-0.2, -0.15) is 0 Å². The number of likely N-dealkylation sites (tertiary alicyclic amines) is 1. The van der Waals surface area contributed by atoms with E-state index in [1.807, 2.05) is 42.5 Å². The molecule has 4 atom stereocenters. The molecule has 0 aromatic heterocycles. The molecule has 150 valence electrons. The summed E-state index contributed by atoms with van der Waals surface area (Å²) in [6.07, 6.45) is -2.42. The summed E-state index contributed by atoms with van der Waals surface area (Å²) < 4.78 is 0. The first-order valence-electron chi connectivity index (χ1n) is 9.17. The van der Waals surface area contributed by atoms with E-state index in [0.717, 1.165) is 16.3 Å². The number of fused-ring (bicyclic) bond motifs is 1. The molecule has 4 unspecified atom stereocenters. The summed E-state index contributed by atoms with van der Waals surface area (Å²) in [5, 5.41) is 38.7. The van der Waals surface area contributed by atoms with Gasteiger partial charge in [-0.15, -0.1) is 0 Å². The fraction of sp³-hybridized carbons (Fsp3) is 0.400. The fourth-order valence-electron chi connectivity index (χ4n) is 3.66. The lowest BCUT2D eigenvalue weighted by molar-refractivity contribution is -0.125. The van der Waals surface area contributed by atoms with Gasteiger partial charge in [-0.05, 0) is 28.6 Å². The van der Waals surface area contributed by atoms with Crippen LogP contribution in [0.1, 0.15) is 12.5 Å². The molecular weight excluding hydrogens is 378 g/mol. The largest absolute Gasteiger partial charge is 0.394 e. The smallest absolute Gasteiger partial charge is 0.217 e. The standard InChI is InChI=1S/C20H25N3O4S/c1-12(25)22-16-10-23(17(11-24)19(27)18(16)26)20(28)21-9-14-7-4-6-13-5-2-3-8-15(13)14/h2-8,16-19,24,26-27H,9-11H2,1H3,(H,21,28)(H,22,25). The van der Waals surface area contributed by atoms with Crippen LogP contribution in [-0.2, 0) is 11.3 Å². The maximum atomic E-state index is 11.4. The van der Waals surface area contributed by atoms with Gasteiger partial charge >= 0.3 is 0 Å². The van der Waals surface area contributed by atoms with Gasteiger partial charge in [0.1, 0.15) is 12.2 Å². The zero-order chi connectivity index (χ0) is 20.3. The Morgan fingerprint density at radius 1 is 1.18 bits per heavy atom. The third-order valence-electron chi connectivity index (χ3n) is 5.10. The van der Waals surface area contributed by atoms with E-state index in [2.05, 4.69) is 10.6 Å². The number of nitrogens with one attached hydrogen (secondary N) is 2. The van der Waals surface area contributed by atoms with Gasteiger partial charge in [-0.1, -0.05) is 42.5 Å². The first kappa shape index (κ1) is 20.5. The van der Waals surface area contributed by atoms with Gasteiger partial charge in [0.2, 0.25) is 5.91 Å². The Morgan fingerprint density at radius 2 is 1.89 bits per heavy atom. The van der Waals surface area contributed by atoms with Gasteiger partial charge in [0.15, 0.2) is 5.11 Å². The van der Waals surface area contributed by atoms with Crippen molar-refractivity contribution in [3.8, 4) is 0 Å². The van der Waals surface area contributed by atoms with E-state index in [4.69, 9.17) is 12.2 Å². The third kappa shape index (κ3) is 4.25. The molecule has 3 rings (SSSR count). The first-order valence-corrected chi connectivity index (χ1v) is 9.58. The van der Waals surface area contributed by atoms with E-state index in [1.54, 1.807) is 4.90 Å². The second kappa shape index (κ2) is 8.83. The predicted molar refractivity (Wildman–Crippen MR) is 111 cm³/mol. The van der Waals surface area contributed by atoms with Crippen molar-refractivity contribution >= 4 is 34.0 Å². The molecule has 8 heteroatoms. The lowest BCUT2D eigenvalue weighted by Crippen LogP contribution is -2.68. The van der Waals surface area contributed by atoms with Crippen LogP contribution >= 0.6 is 12.2 Å². The number of rotatable bonds is 4. The number of hydrogen-bond acceptors (Lipinski definition) is 5. The molecule has 2 aromatic carbocycles. The summed E-state index contributed by atoms with van der Waals surface area (Å²) >= 11 is 5.50. The van der Waals surface area contributed by atoms with Crippen molar-refractivity contribution in [1.82, 2.24) is 15.5 Å². The van der Waals surface area contributed by atoms with Crippen LogP contribution in [0, 0.1) is 0 Å². The number of amides is 1. The number of thiocarbonyl (C=S) groups is 1. The lowest BCUT2D eigenvalue weighted by atomic mass is 9.92. The minimum atomic E-state index is -1.24. The molecule has 1 fully saturated rings. The molecule has 7 nitrogen and oxygen atoms in total. The Hall–Kier alpha value is -2.26. The Balaban J connectivity index is 1.74. The molecular formula is C20H25N3O4S. The normalized spacial score (nSPS) is 24.8. The van der Waals surface area contributed by atoms with Crippen molar-refractivity contribution in [2.24, 2.45) is 0 Å². The number of nitrogens with zero attached hydrogens (tertiary/aromatic N) is 1. The number of piperidine rings is 1. The van der Waals surface area contributed by atoms with Crippen LogP contribution in [0.2, 0.25) is 0 Å². The predicted octanol–water partition coefficient (Wildman–Crippen LogP) is 0.117. The van der Waals surface area contributed by atoms with Crippen molar-refractivity contribution in [1.29, 1.82) is 0 Å². The zero-order valence-corrected chi connectivity index (χ0v) is 16.4. The van der Waals surface area contributed by atoms with E-state index in [9.17, 15) is 20.1 Å². The van der Waals surface area contributed by atoms with Gasteiger partial charge < -0.3 is 30.9 Å². The SMILES string of the molecule is CC(=O)NC1CN(C(=S)NCc2cccc3ccccc23)C(CO)C(O)C1O. The molecule has 1 saturated heterocycles. The minimum absolute atomic E-state index is 0.185. The molecule has 0 bridgehead atoms. The Kier molecular flexibility index (Phi) is 6.46. The van der Waals surface area contributed by atoms with E-state index in [1.165, 1.54) is 6.92 Å². The number of hydrogen-bond donors (Lipinski definition) is 5. The van der Waals surface area contributed by atoms with Crippen molar-refractivity contribution in [3.05, 3.63) is 48.0 Å². The van der Waals surface area contributed by atoms with Gasteiger partial charge in [-0.3, -0.25) is 4.79 Å². The summed E-state index contributed by atoms with van der Waals surface area (Å²) in [4.78, 5) is 13.0. The van der Waals surface area contributed by atoms with Crippen molar-refractivity contribution in [2.45, 2.75) is 37.8 Å². The van der Waals surface area contributed by atoms with Gasteiger partial charge in [0, 0.05) is 20.0 Å². The molecule has 0 saturated carbocycles. The molecule has 1 aliphatic rings. The summed E-state index contributed by atoms with van der Waals surface area (Å²) in [6.45, 7) is 1.63. The monoisotopic (exact) mass is 403 g/mol. The summed E-state index contributed by atoms with van der Waals surface area (Å²) in [7, 11) is 0. The van der Waals surface area contributed by atoms with Crippen LogP contribution < -0.4 is 10.6 Å². The highest BCUT2D eigenvalue weighted by Gasteiger charge is 2.43. The number of aliphatic hydroxyl groups is 3. The first-order chi connectivity index (χ1) is 13.4. The molecule has 0 spiro atoms. The highest BCUT2D eigenvalue weighted by atomic mass is 32.1. The van der Waals surface area contributed by atoms with Crippen LogP contribution in [0.3, 0.4) is 0 Å². The van der Waals surface area contributed by atoms with Crippen LogP contribution in [0.4, 0.5) is 0 Å². The maximum absolute atomic E-state index is 11.4. The summed E-state index contributed by atoms with van der Waals surface area (Å²) in [5.41, 5.74) is 1.07. The number of carbonyl (C=O) groups is 1. The topological polar surface area (TPSA) is 105 Å². The Labute approximate surface area is 169 Å². The van der Waals surface area contributed by atoms with Crippen LogP contribution in [0.5, 0.6) is 0 Å². The Morgan fingerprint density at radius 3 is 2.61 bits per heavy atom. The summed E-state index contributed by atoms with van der Waals surface area (Å²) in [6, 6.07) is 12.6. The molecule has 0 aliphatic carbocycles. The zero-order valence-electron chi connectivity index (χ0n) is 15.6. The van der Waals surface area contributed by atoms with Gasteiger partial charge in [0.25, 0.3) is 0 Å². The second-order valence-electron chi connectivity index (χ2n) is 6.99. The van der Waals surface area contributed by atoms with E-state index < -0.39 is 24.3 Å². The number of benzene rings is 2. The molecule has 28 heavy (non-hydrogen) atoms. The Bertz CT molecular complexity index is 857. The molecule has 1 amide bonds.